The highest BCUT2D eigenvalue weighted by Gasteiger charge is 2.47. The Hall–Kier alpha value is -4.44. The molecule has 10 heteroatoms. The summed E-state index contributed by atoms with van der Waals surface area (Å²) in [6.07, 6.45) is 0.839. The van der Waals surface area contributed by atoms with Crippen LogP contribution >= 0.6 is 11.3 Å². The van der Waals surface area contributed by atoms with E-state index in [1.807, 2.05) is 6.92 Å². The van der Waals surface area contributed by atoms with Crippen molar-refractivity contribution in [3.8, 4) is 11.5 Å². The van der Waals surface area contributed by atoms with Crippen LogP contribution in [-0.4, -0.2) is 41.3 Å². The molecule has 1 amide bonds. The van der Waals surface area contributed by atoms with Gasteiger partial charge in [-0.2, -0.15) is 0 Å². The van der Waals surface area contributed by atoms with Crippen molar-refractivity contribution in [2.24, 2.45) is 0 Å². The third-order valence-corrected chi connectivity index (χ3v) is 7.64. The molecule has 0 bridgehead atoms. The molecule has 0 radical (unpaired) electrons. The van der Waals surface area contributed by atoms with Crippen molar-refractivity contribution in [2.75, 3.05) is 18.6 Å². The number of rotatable bonds is 9. The average Bonchev–Trinajstić information content (AvgIpc) is 3.61. The lowest BCUT2D eigenvalue weighted by Crippen LogP contribution is -2.31. The molecule has 39 heavy (non-hydrogen) atoms. The van der Waals surface area contributed by atoms with Gasteiger partial charge in [-0.15, -0.1) is 0 Å². The second kappa shape index (κ2) is 10.4. The monoisotopic (exact) mass is 546 g/mol. The maximum atomic E-state index is 13.9. The molecule has 1 unspecified atom stereocenters. The van der Waals surface area contributed by atoms with Gasteiger partial charge in [0.1, 0.15) is 5.75 Å². The number of carbonyl (C=O) groups is 3. The molecule has 0 spiro atoms. The van der Waals surface area contributed by atoms with Crippen molar-refractivity contribution in [1.82, 2.24) is 4.98 Å². The van der Waals surface area contributed by atoms with Crippen LogP contribution in [0.15, 0.2) is 64.3 Å². The highest BCUT2D eigenvalue weighted by Crippen LogP contribution is 2.44. The molecule has 1 aliphatic rings. The minimum Gasteiger partial charge on any atom is -0.503 e. The number of ether oxygens (including phenoxy) is 2. The van der Waals surface area contributed by atoms with Gasteiger partial charge in [0, 0.05) is 12.3 Å². The van der Waals surface area contributed by atoms with Crippen LogP contribution in [0.25, 0.3) is 11.0 Å². The minimum absolute atomic E-state index is 0.0571. The van der Waals surface area contributed by atoms with Crippen LogP contribution in [0, 0.1) is 6.92 Å². The number of nitrogens with zero attached hydrogens (tertiary/aromatic N) is 2. The van der Waals surface area contributed by atoms with Crippen molar-refractivity contribution in [2.45, 2.75) is 33.2 Å². The molecule has 4 aromatic rings. The predicted octanol–water partition coefficient (Wildman–Crippen LogP) is 5.98. The first kappa shape index (κ1) is 26.2. The Morgan fingerprint density at radius 2 is 1.92 bits per heavy atom. The molecule has 1 N–H and O–H groups in total. The van der Waals surface area contributed by atoms with Crippen molar-refractivity contribution in [1.29, 1.82) is 0 Å². The molecule has 1 aliphatic heterocycles. The summed E-state index contributed by atoms with van der Waals surface area (Å²) in [6.45, 7) is 5.64. The number of aliphatic hydroxyl groups excluding tert-OH is 1. The molecule has 0 saturated heterocycles. The van der Waals surface area contributed by atoms with E-state index in [-0.39, 0.29) is 22.2 Å². The molecule has 3 heterocycles. The number of aryl methyl sites for hydroxylation is 1. The first-order chi connectivity index (χ1) is 18.7. The maximum Gasteiger partial charge on any atom is 0.296 e. The Labute approximate surface area is 228 Å². The second-order valence-electron chi connectivity index (χ2n) is 9.04. The number of methoxy groups -OCH3 is 1. The molecule has 0 saturated carbocycles. The number of ketones is 2. The standard InChI is InChI=1S/C29H26N2O7S/c1-5-13-37-19-11-9-17(10-12-19)23-22(24(33)21-14-18-7-6-8-20(36-4)26(18)38-21)25(34)28(35)31(23)29-30-15(2)27(39-29)16(3)32/h6-12,14,23,34H,5,13H2,1-4H3. The summed E-state index contributed by atoms with van der Waals surface area (Å²) < 4.78 is 16.9. The van der Waals surface area contributed by atoms with Crippen LogP contribution in [0.2, 0.25) is 0 Å². The van der Waals surface area contributed by atoms with Crippen molar-refractivity contribution < 1.29 is 33.4 Å². The van der Waals surface area contributed by atoms with E-state index in [9.17, 15) is 19.5 Å². The molecular weight excluding hydrogens is 520 g/mol. The van der Waals surface area contributed by atoms with Crippen molar-refractivity contribution in [3.05, 3.63) is 81.8 Å². The van der Waals surface area contributed by atoms with Gasteiger partial charge in [-0.25, -0.2) is 4.98 Å². The largest absolute Gasteiger partial charge is 0.503 e. The molecule has 5 rings (SSSR count). The van der Waals surface area contributed by atoms with E-state index in [4.69, 9.17) is 13.9 Å². The number of para-hydroxylation sites is 1. The van der Waals surface area contributed by atoms with E-state index in [0.717, 1.165) is 17.8 Å². The number of aliphatic hydroxyl groups is 1. The Morgan fingerprint density at radius 3 is 2.56 bits per heavy atom. The molecule has 0 fully saturated rings. The van der Waals surface area contributed by atoms with Crippen LogP contribution in [0.5, 0.6) is 11.5 Å². The van der Waals surface area contributed by atoms with Crippen LogP contribution in [0.1, 0.15) is 57.8 Å². The van der Waals surface area contributed by atoms with Crippen molar-refractivity contribution >= 4 is 44.9 Å². The number of thiazole rings is 1. The Kier molecular flexibility index (Phi) is 6.96. The zero-order chi connectivity index (χ0) is 27.8. The number of hydrogen-bond donors (Lipinski definition) is 1. The lowest BCUT2D eigenvalue weighted by molar-refractivity contribution is -0.117. The van der Waals surface area contributed by atoms with Gasteiger partial charge in [0.25, 0.3) is 5.91 Å². The molecule has 1 atom stereocenters. The number of anilines is 1. The highest BCUT2D eigenvalue weighted by atomic mass is 32.1. The Bertz CT molecular complexity index is 1630. The summed E-state index contributed by atoms with van der Waals surface area (Å²) in [5, 5.41) is 11.9. The van der Waals surface area contributed by atoms with E-state index in [2.05, 4.69) is 4.98 Å². The van der Waals surface area contributed by atoms with Crippen molar-refractivity contribution in [3.63, 3.8) is 0 Å². The van der Waals surface area contributed by atoms with Gasteiger partial charge < -0.3 is 19.0 Å². The highest BCUT2D eigenvalue weighted by molar-refractivity contribution is 7.17. The van der Waals surface area contributed by atoms with E-state index in [0.29, 0.717) is 45.2 Å². The summed E-state index contributed by atoms with van der Waals surface area (Å²) >= 11 is 1.03. The molecule has 9 nitrogen and oxygen atoms in total. The lowest BCUT2D eigenvalue weighted by atomic mass is 9.95. The Morgan fingerprint density at radius 1 is 1.18 bits per heavy atom. The number of furan rings is 1. The second-order valence-corrected chi connectivity index (χ2v) is 10.0. The molecule has 2 aromatic carbocycles. The first-order valence-corrected chi connectivity index (χ1v) is 13.2. The fourth-order valence-electron chi connectivity index (χ4n) is 4.57. The summed E-state index contributed by atoms with van der Waals surface area (Å²) in [5.74, 6) is -1.33. The summed E-state index contributed by atoms with van der Waals surface area (Å²) in [7, 11) is 1.50. The van der Waals surface area contributed by atoms with E-state index < -0.39 is 23.5 Å². The third-order valence-electron chi connectivity index (χ3n) is 6.38. The van der Waals surface area contributed by atoms with Gasteiger partial charge in [-0.3, -0.25) is 19.3 Å². The smallest absolute Gasteiger partial charge is 0.296 e. The molecule has 200 valence electrons. The molecular formula is C29H26N2O7S. The molecule has 0 aliphatic carbocycles. The zero-order valence-corrected chi connectivity index (χ0v) is 22.6. The third kappa shape index (κ3) is 4.57. The average molecular weight is 547 g/mol. The van der Waals surface area contributed by atoms with Crippen LogP contribution in [0.3, 0.4) is 0 Å². The normalized spacial score (nSPS) is 15.3. The first-order valence-electron chi connectivity index (χ1n) is 12.3. The number of carbonyl (C=O) groups excluding carboxylic acids is 3. The quantitative estimate of drug-likeness (QED) is 0.255. The number of Topliss-reactive ketones (excluding diaryl/α,β-unsaturated/α-hetero) is 2. The Balaban J connectivity index is 1.63. The summed E-state index contributed by atoms with van der Waals surface area (Å²) in [6, 6.07) is 12.7. The fraction of sp³-hybridized carbons (Fsp3) is 0.241. The van der Waals surface area contributed by atoms with Crippen LogP contribution < -0.4 is 14.4 Å². The van der Waals surface area contributed by atoms with Gasteiger partial charge in [0.05, 0.1) is 35.9 Å². The van der Waals surface area contributed by atoms with Gasteiger partial charge in [0.2, 0.25) is 5.78 Å². The zero-order valence-electron chi connectivity index (χ0n) is 21.8. The SMILES string of the molecule is CCCOc1ccc(C2C(C(=O)c3cc4cccc(OC)c4o3)=C(O)C(=O)N2c2nc(C)c(C(C)=O)s2)cc1. The maximum absolute atomic E-state index is 13.9. The lowest BCUT2D eigenvalue weighted by Gasteiger charge is -2.24. The number of aromatic nitrogens is 1. The number of benzene rings is 2. The minimum atomic E-state index is -1.02. The van der Waals surface area contributed by atoms with Gasteiger partial charge in [0.15, 0.2) is 33.8 Å². The number of amides is 1. The van der Waals surface area contributed by atoms with Gasteiger partial charge in [-0.05, 0) is 43.2 Å². The van der Waals surface area contributed by atoms with Crippen LogP contribution in [0.4, 0.5) is 5.13 Å². The van der Waals surface area contributed by atoms with Crippen LogP contribution in [-0.2, 0) is 4.79 Å². The molecule has 2 aromatic heterocycles. The number of hydrogen-bond acceptors (Lipinski definition) is 9. The van der Waals surface area contributed by atoms with Gasteiger partial charge in [-0.1, -0.05) is 42.5 Å². The fourth-order valence-corrected chi connectivity index (χ4v) is 5.56. The summed E-state index contributed by atoms with van der Waals surface area (Å²) in [5.41, 5.74) is 1.23. The topological polar surface area (TPSA) is 119 Å². The number of fused-ring (bicyclic) bond motifs is 1. The van der Waals surface area contributed by atoms with E-state index in [1.165, 1.54) is 18.9 Å². The van der Waals surface area contributed by atoms with E-state index in [1.54, 1.807) is 55.5 Å². The predicted molar refractivity (Wildman–Crippen MR) is 146 cm³/mol. The summed E-state index contributed by atoms with van der Waals surface area (Å²) in [4.78, 5) is 45.6. The van der Waals surface area contributed by atoms with Gasteiger partial charge >= 0.3 is 0 Å². The van der Waals surface area contributed by atoms with E-state index >= 15 is 0 Å².